The lowest BCUT2D eigenvalue weighted by Crippen LogP contribution is -2.28. The van der Waals surface area contributed by atoms with E-state index in [1.807, 2.05) is 31.2 Å². The summed E-state index contributed by atoms with van der Waals surface area (Å²) in [7, 11) is 0. The number of nitrogens with one attached hydrogen (secondary N) is 1. The topological polar surface area (TPSA) is 66.4 Å². The summed E-state index contributed by atoms with van der Waals surface area (Å²) in [5.41, 5.74) is 1.10. The van der Waals surface area contributed by atoms with Gasteiger partial charge in [-0.3, -0.25) is 4.79 Å². The number of benzene rings is 2. The Labute approximate surface area is 130 Å². The van der Waals surface area contributed by atoms with Crippen LogP contribution in [0, 0.1) is 0 Å². The molecule has 1 atom stereocenters. The van der Waals surface area contributed by atoms with Crippen molar-refractivity contribution in [2.24, 2.45) is 0 Å². The lowest BCUT2D eigenvalue weighted by atomic mass is 10.0. The molecule has 21 heavy (non-hydrogen) atoms. The van der Waals surface area contributed by atoms with Gasteiger partial charge in [-0.05, 0) is 36.8 Å². The zero-order valence-corrected chi connectivity index (χ0v) is 12.9. The molecule has 0 aromatic heterocycles. The first-order valence-electron chi connectivity index (χ1n) is 6.37. The fourth-order valence-corrected chi connectivity index (χ4v) is 2.24. The van der Waals surface area contributed by atoms with E-state index < -0.39 is 11.9 Å². The monoisotopic (exact) mass is 347 g/mol. The first-order valence-corrected chi connectivity index (χ1v) is 7.17. The summed E-state index contributed by atoms with van der Waals surface area (Å²) in [6.45, 7) is 1.85. The minimum Gasteiger partial charge on any atom is -0.478 e. The Morgan fingerprint density at radius 3 is 2.19 bits per heavy atom. The number of carbonyl (C=O) groups is 2. The van der Waals surface area contributed by atoms with Gasteiger partial charge in [0.2, 0.25) is 0 Å². The maximum absolute atomic E-state index is 12.2. The number of rotatable bonds is 4. The lowest BCUT2D eigenvalue weighted by Gasteiger charge is -2.15. The number of carboxylic acid groups (broad SMARTS) is 1. The Morgan fingerprint density at radius 2 is 1.62 bits per heavy atom. The van der Waals surface area contributed by atoms with Crippen LogP contribution in [0.5, 0.6) is 0 Å². The fraction of sp³-hybridized carbons (Fsp3) is 0.125. The third kappa shape index (κ3) is 3.70. The van der Waals surface area contributed by atoms with Gasteiger partial charge in [-0.1, -0.05) is 40.2 Å². The number of aromatic carboxylic acids is 1. The smallest absolute Gasteiger partial charge is 0.336 e. The van der Waals surface area contributed by atoms with Crippen LogP contribution in [-0.4, -0.2) is 17.0 Å². The maximum atomic E-state index is 12.2. The third-order valence-corrected chi connectivity index (χ3v) is 3.65. The summed E-state index contributed by atoms with van der Waals surface area (Å²) >= 11 is 3.35. The predicted octanol–water partition coefficient (Wildman–Crippen LogP) is 3.64. The lowest BCUT2D eigenvalue weighted by molar-refractivity contribution is 0.0690. The van der Waals surface area contributed by atoms with E-state index in [9.17, 15) is 9.59 Å². The van der Waals surface area contributed by atoms with E-state index in [1.54, 1.807) is 12.1 Å². The first-order chi connectivity index (χ1) is 9.99. The van der Waals surface area contributed by atoms with E-state index >= 15 is 0 Å². The molecule has 0 fully saturated rings. The zero-order valence-electron chi connectivity index (χ0n) is 11.3. The number of hydrogen-bond acceptors (Lipinski definition) is 2. The molecule has 0 saturated carbocycles. The molecule has 4 nitrogen and oxygen atoms in total. The van der Waals surface area contributed by atoms with Gasteiger partial charge in [-0.25, -0.2) is 4.79 Å². The van der Waals surface area contributed by atoms with E-state index in [0.717, 1.165) is 10.0 Å². The van der Waals surface area contributed by atoms with Crippen LogP contribution in [-0.2, 0) is 0 Å². The van der Waals surface area contributed by atoms with Crippen molar-refractivity contribution in [3.8, 4) is 0 Å². The van der Waals surface area contributed by atoms with Gasteiger partial charge in [0.1, 0.15) is 0 Å². The molecule has 0 aliphatic rings. The molecule has 0 aliphatic heterocycles. The molecule has 0 saturated heterocycles. The average Bonchev–Trinajstić information content (AvgIpc) is 2.47. The van der Waals surface area contributed by atoms with E-state index in [-0.39, 0.29) is 17.2 Å². The second-order valence-electron chi connectivity index (χ2n) is 4.60. The minimum atomic E-state index is -1.11. The molecule has 2 N–H and O–H groups in total. The van der Waals surface area contributed by atoms with Crippen LogP contribution in [0.4, 0.5) is 0 Å². The first kappa shape index (κ1) is 15.3. The molecule has 0 bridgehead atoms. The van der Waals surface area contributed by atoms with Crippen molar-refractivity contribution in [2.75, 3.05) is 0 Å². The second-order valence-corrected chi connectivity index (χ2v) is 5.51. The Balaban J connectivity index is 2.18. The molecule has 0 unspecified atom stereocenters. The van der Waals surface area contributed by atoms with E-state index in [1.165, 1.54) is 12.1 Å². The summed E-state index contributed by atoms with van der Waals surface area (Å²) in [6.07, 6.45) is 0. The molecule has 0 radical (unpaired) electrons. The highest BCUT2D eigenvalue weighted by Gasteiger charge is 2.17. The van der Waals surface area contributed by atoms with Crippen molar-refractivity contribution in [3.05, 3.63) is 69.7 Å². The van der Waals surface area contributed by atoms with Crippen LogP contribution in [0.25, 0.3) is 0 Å². The predicted molar refractivity (Wildman–Crippen MR) is 83.4 cm³/mol. The van der Waals surface area contributed by atoms with Crippen molar-refractivity contribution in [2.45, 2.75) is 13.0 Å². The summed E-state index contributed by atoms with van der Waals surface area (Å²) in [4.78, 5) is 23.4. The second kappa shape index (κ2) is 6.54. The van der Waals surface area contributed by atoms with E-state index in [4.69, 9.17) is 5.11 Å². The summed E-state index contributed by atoms with van der Waals surface area (Å²) in [5, 5.41) is 11.9. The van der Waals surface area contributed by atoms with Gasteiger partial charge in [0.15, 0.2) is 0 Å². The molecule has 5 heteroatoms. The van der Waals surface area contributed by atoms with Crippen molar-refractivity contribution < 1.29 is 14.7 Å². The maximum Gasteiger partial charge on any atom is 0.336 e. The number of halogens is 1. The van der Waals surface area contributed by atoms with Gasteiger partial charge in [0.05, 0.1) is 17.2 Å². The van der Waals surface area contributed by atoms with Gasteiger partial charge >= 0.3 is 5.97 Å². The SMILES string of the molecule is C[C@H](NC(=O)c1ccccc1C(=O)O)c1ccc(Br)cc1. The Hall–Kier alpha value is -2.14. The van der Waals surface area contributed by atoms with Gasteiger partial charge in [-0.15, -0.1) is 0 Å². The van der Waals surface area contributed by atoms with Crippen molar-refractivity contribution >= 4 is 27.8 Å². The number of amides is 1. The average molecular weight is 348 g/mol. The van der Waals surface area contributed by atoms with Gasteiger partial charge in [0, 0.05) is 4.47 Å². The zero-order chi connectivity index (χ0) is 15.4. The number of hydrogen-bond donors (Lipinski definition) is 2. The highest BCUT2D eigenvalue weighted by atomic mass is 79.9. The third-order valence-electron chi connectivity index (χ3n) is 3.12. The summed E-state index contributed by atoms with van der Waals surface area (Å²) in [6, 6.07) is 13.5. The van der Waals surface area contributed by atoms with Crippen LogP contribution in [0.15, 0.2) is 53.0 Å². The Kier molecular flexibility index (Phi) is 4.75. The van der Waals surface area contributed by atoms with Crippen molar-refractivity contribution in [3.63, 3.8) is 0 Å². The summed E-state index contributed by atoms with van der Waals surface area (Å²) < 4.78 is 0.959. The van der Waals surface area contributed by atoms with Crippen LogP contribution in [0.1, 0.15) is 39.2 Å². The molecule has 108 valence electrons. The molecule has 0 aliphatic carbocycles. The van der Waals surface area contributed by atoms with Gasteiger partial charge in [-0.2, -0.15) is 0 Å². The molecular formula is C16H14BrNO3. The Morgan fingerprint density at radius 1 is 1.05 bits per heavy atom. The van der Waals surface area contributed by atoms with Crippen LogP contribution in [0.2, 0.25) is 0 Å². The number of carbonyl (C=O) groups excluding carboxylic acids is 1. The van der Waals surface area contributed by atoms with Gasteiger partial charge < -0.3 is 10.4 Å². The van der Waals surface area contributed by atoms with Crippen LogP contribution >= 0.6 is 15.9 Å². The van der Waals surface area contributed by atoms with Crippen LogP contribution < -0.4 is 5.32 Å². The highest BCUT2D eigenvalue weighted by Crippen LogP contribution is 2.17. The fourth-order valence-electron chi connectivity index (χ4n) is 1.98. The standard InChI is InChI=1S/C16H14BrNO3/c1-10(11-6-8-12(17)9-7-11)18-15(19)13-4-2-3-5-14(13)16(20)21/h2-10H,1H3,(H,18,19)(H,20,21)/t10-/m0/s1. The number of carboxylic acids is 1. The molecule has 0 heterocycles. The molecule has 2 aromatic rings. The molecule has 0 spiro atoms. The molecule has 1 amide bonds. The minimum absolute atomic E-state index is 0.00185. The van der Waals surface area contributed by atoms with Gasteiger partial charge in [0.25, 0.3) is 5.91 Å². The largest absolute Gasteiger partial charge is 0.478 e. The quantitative estimate of drug-likeness (QED) is 0.887. The van der Waals surface area contributed by atoms with E-state index in [2.05, 4.69) is 21.2 Å². The molecular weight excluding hydrogens is 334 g/mol. The Bertz CT molecular complexity index is 667. The van der Waals surface area contributed by atoms with E-state index in [0.29, 0.717) is 0 Å². The van der Waals surface area contributed by atoms with Crippen molar-refractivity contribution in [1.82, 2.24) is 5.32 Å². The van der Waals surface area contributed by atoms with Crippen LogP contribution in [0.3, 0.4) is 0 Å². The normalized spacial score (nSPS) is 11.7. The summed E-state index contributed by atoms with van der Waals surface area (Å²) in [5.74, 6) is -1.51. The highest BCUT2D eigenvalue weighted by molar-refractivity contribution is 9.10. The molecule has 2 rings (SSSR count). The molecule has 2 aromatic carbocycles. The van der Waals surface area contributed by atoms with Crippen molar-refractivity contribution in [1.29, 1.82) is 0 Å².